The Morgan fingerprint density at radius 2 is 2.14 bits per heavy atom. The van der Waals surface area contributed by atoms with Gasteiger partial charge in [-0.25, -0.2) is 9.78 Å². The van der Waals surface area contributed by atoms with Gasteiger partial charge in [0.2, 0.25) is 5.95 Å². The molecule has 0 atom stereocenters. The number of nitrogens with two attached hydrogens (primary N) is 1. The van der Waals surface area contributed by atoms with Gasteiger partial charge in [0.05, 0.1) is 12.7 Å². The Morgan fingerprint density at radius 1 is 1.36 bits per heavy atom. The van der Waals surface area contributed by atoms with Gasteiger partial charge in [-0.3, -0.25) is 4.57 Å². The second-order valence-corrected chi connectivity index (χ2v) is 6.73. The average molecular weight is 461 g/mol. The van der Waals surface area contributed by atoms with Crippen molar-refractivity contribution in [3.8, 4) is 5.75 Å². The highest BCUT2D eigenvalue weighted by molar-refractivity contribution is 9.10. The van der Waals surface area contributed by atoms with Gasteiger partial charge in [-0.2, -0.15) is 4.98 Å². The zero-order chi connectivity index (χ0) is 20.3. The largest absolute Gasteiger partial charge is 0.573 e. The Bertz CT molecular complexity index is 1030. The number of aromatic amines is 1. The molecular formula is C16H16BrF3N6O2. The molecule has 0 aliphatic rings. The number of hydrogen-bond donors (Lipinski definition) is 3. The lowest BCUT2D eigenvalue weighted by Gasteiger charge is -2.14. The van der Waals surface area contributed by atoms with Crippen molar-refractivity contribution in [2.75, 3.05) is 18.4 Å². The molecule has 0 amide bonds. The molecule has 0 fully saturated rings. The molecule has 2 heterocycles. The number of aromatic nitrogens is 4. The third-order valence-electron chi connectivity index (χ3n) is 3.75. The van der Waals surface area contributed by atoms with Crippen LogP contribution in [0.5, 0.6) is 5.75 Å². The molecule has 0 aliphatic carbocycles. The first-order valence-corrected chi connectivity index (χ1v) is 9.00. The molecule has 8 nitrogen and oxygen atoms in total. The maximum atomic E-state index is 12.7. The summed E-state index contributed by atoms with van der Waals surface area (Å²) in [7, 11) is 0. The smallest absolute Gasteiger partial charge is 0.405 e. The first kappa shape index (κ1) is 20.1. The number of rotatable bonds is 7. The summed E-state index contributed by atoms with van der Waals surface area (Å²) in [6, 6.07) is 4.06. The second kappa shape index (κ2) is 8.19. The molecule has 1 aromatic carbocycles. The van der Waals surface area contributed by atoms with Crippen LogP contribution in [0.25, 0.3) is 11.2 Å². The highest BCUT2D eigenvalue weighted by Gasteiger charge is 2.32. The molecule has 0 spiro atoms. The molecule has 0 unspecified atom stereocenters. The number of H-pyrrole nitrogens is 1. The van der Waals surface area contributed by atoms with E-state index in [-0.39, 0.29) is 23.7 Å². The number of alkyl halides is 3. The quantitative estimate of drug-likeness (QED) is 0.467. The van der Waals surface area contributed by atoms with Crippen LogP contribution in [0.1, 0.15) is 12.0 Å². The number of anilines is 1. The van der Waals surface area contributed by atoms with E-state index in [1.807, 2.05) is 0 Å². The lowest BCUT2D eigenvalue weighted by atomic mass is 10.2. The van der Waals surface area contributed by atoms with Crippen LogP contribution in [0.2, 0.25) is 0 Å². The molecule has 4 N–H and O–H groups in total. The predicted octanol–water partition coefficient (Wildman–Crippen LogP) is 2.59. The third-order valence-corrected chi connectivity index (χ3v) is 4.25. The van der Waals surface area contributed by atoms with E-state index in [4.69, 9.17) is 5.73 Å². The van der Waals surface area contributed by atoms with E-state index < -0.39 is 17.8 Å². The molecule has 0 bridgehead atoms. The van der Waals surface area contributed by atoms with Gasteiger partial charge in [0.25, 0.3) is 0 Å². The van der Waals surface area contributed by atoms with Crippen LogP contribution in [0.15, 0.2) is 33.7 Å². The second-order valence-electron chi connectivity index (χ2n) is 5.82. The number of hydrogen-bond acceptors (Lipinski definition) is 6. The van der Waals surface area contributed by atoms with Crippen LogP contribution < -0.4 is 21.5 Å². The zero-order valence-corrected chi connectivity index (χ0v) is 16.0. The van der Waals surface area contributed by atoms with Gasteiger partial charge in [0, 0.05) is 16.6 Å². The Hall–Kier alpha value is -2.60. The lowest BCUT2D eigenvalue weighted by Crippen LogP contribution is -2.21. The van der Waals surface area contributed by atoms with Gasteiger partial charge in [0.15, 0.2) is 5.65 Å². The Kier molecular flexibility index (Phi) is 5.89. The Balaban J connectivity index is 1.98. The van der Waals surface area contributed by atoms with E-state index in [1.165, 1.54) is 29.0 Å². The number of nitrogens with one attached hydrogen (secondary N) is 2. The molecule has 0 aliphatic heterocycles. The minimum atomic E-state index is -4.85. The molecule has 2 aromatic heterocycles. The summed E-state index contributed by atoms with van der Waals surface area (Å²) in [5.41, 5.74) is 5.69. The Labute approximate surface area is 165 Å². The fraction of sp³-hybridized carbons (Fsp3) is 0.312. The first-order chi connectivity index (χ1) is 13.3. The summed E-state index contributed by atoms with van der Waals surface area (Å²) in [5, 5.41) is 2.98. The van der Waals surface area contributed by atoms with Crippen molar-refractivity contribution >= 4 is 33.0 Å². The van der Waals surface area contributed by atoms with Gasteiger partial charge in [-0.15, -0.1) is 13.2 Å². The number of benzene rings is 1. The normalized spacial score (nSPS) is 11.8. The molecule has 12 heteroatoms. The van der Waals surface area contributed by atoms with Crippen LogP contribution in [0.3, 0.4) is 0 Å². The topological polar surface area (TPSA) is 111 Å². The molecular weight excluding hydrogens is 445 g/mol. The number of fused-ring (bicyclic) bond motifs is 1. The fourth-order valence-electron chi connectivity index (χ4n) is 2.55. The van der Waals surface area contributed by atoms with Crippen molar-refractivity contribution in [3.63, 3.8) is 0 Å². The molecule has 150 valence electrons. The Morgan fingerprint density at radius 3 is 2.86 bits per heavy atom. The summed E-state index contributed by atoms with van der Waals surface area (Å²) in [5.74, 6) is -0.109. The number of ether oxygens (including phenoxy) is 1. The van der Waals surface area contributed by atoms with Gasteiger partial charge < -0.3 is 20.8 Å². The highest BCUT2D eigenvalue weighted by atomic mass is 79.9. The number of nitrogens with zero attached hydrogens (tertiary/aromatic N) is 3. The van der Waals surface area contributed by atoms with Gasteiger partial charge in [-0.05, 0) is 31.2 Å². The summed E-state index contributed by atoms with van der Waals surface area (Å²) in [6.07, 6.45) is -2.72. The summed E-state index contributed by atoms with van der Waals surface area (Å²) < 4.78 is 43.9. The van der Waals surface area contributed by atoms with Crippen molar-refractivity contribution in [2.24, 2.45) is 5.73 Å². The maximum absolute atomic E-state index is 12.7. The molecule has 0 saturated heterocycles. The van der Waals surface area contributed by atoms with Gasteiger partial charge >= 0.3 is 12.1 Å². The molecule has 28 heavy (non-hydrogen) atoms. The van der Waals surface area contributed by atoms with E-state index in [1.54, 1.807) is 0 Å². The fourth-order valence-corrected chi connectivity index (χ4v) is 2.95. The van der Waals surface area contributed by atoms with E-state index >= 15 is 0 Å². The monoisotopic (exact) mass is 460 g/mol. The van der Waals surface area contributed by atoms with Crippen LogP contribution in [0, 0.1) is 0 Å². The van der Waals surface area contributed by atoms with Crippen molar-refractivity contribution in [1.29, 1.82) is 0 Å². The summed E-state index contributed by atoms with van der Waals surface area (Å²) in [4.78, 5) is 23.3. The average Bonchev–Trinajstić information content (AvgIpc) is 2.92. The van der Waals surface area contributed by atoms with Gasteiger partial charge in [0.1, 0.15) is 11.3 Å². The standard InChI is InChI=1S/C16H16BrF3N6O2/c17-10-2-3-12(28-16(18,19)20)9(6-10)8-26-13-11(24-15(26)27)7-23-14(25-13)22-5-1-4-21/h2-3,6-7H,1,4-5,8,21H2,(H,24,27)(H,22,23,25). The SMILES string of the molecule is NCCCNc1ncc2[nH]c(=O)n(Cc3cc(Br)ccc3OC(F)(F)F)c2n1. The molecule has 0 saturated carbocycles. The lowest BCUT2D eigenvalue weighted by molar-refractivity contribution is -0.274. The molecule has 0 radical (unpaired) electrons. The zero-order valence-electron chi connectivity index (χ0n) is 14.4. The van der Waals surface area contributed by atoms with Crippen molar-refractivity contribution in [1.82, 2.24) is 19.5 Å². The maximum Gasteiger partial charge on any atom is 0.573 e. The van der Waals surface area contributed by atoms with E-state index in [9.17, 15) is 18.0 Å². The predicted molar refractivity (Wildman–Crippen MR) is 100 cm³/mol. The van der Waals surface area contributed by atoms with Crippen molar-refractivity contribution in [3.05, 3.63) is 44.9 Å². The van der Waals surface area contributed by atoms with Crippen molar-refractivity contribution in [2.45, 2.75) is 19.3 Å². The number of imidazole rings is 1. The minimum absolute atomic E-state index is 0.158. The van der Waals surface area contributed by atoms with Crippen molar-refractivity contribution < 1.29 is 17.9 Å². The van der Waals surface area contributed by atoms with E-state index in [0.717, 1.165) is 0 Å². The van der Waals surface area contributed by atoms with Crippen LogP contribution >= 0.6 is 15.9 Å². The molecule has 3 rings (SSSR count). The summed E-state index contributed by atoms with van der Waals surface area (Å²) >= 11 is 3.22. The van der Waals surface area contributed by atoms with Gasteiger partial charge in [-0.1, -0.05) is 15.9 Å². The van der Waals surface area contributed by atoms with Crippen LogP contribution in [0.4, 0.5) is 19.1 Å². The van der Waals surface area contributed by atoms with E-state index in [0.29, 0.717) is 29.5 Å². The molecule has 3 aromatic rings. The van der Waals surface area contributed by atoms with E-state index in [2.05, 4.69) is 40.9 Å². The number of halogens is 4. The van der Waals surface area contributed by atoms with Crippen LogP contribution in [-0.2, 0) is 6.54 Å². The third kappa shape index (κ3) is 4.81. The summed E-state index contributed by atoms with van der Waals surface area (Å²) in [6.45, 7) is 0.865. The first-order valence-electron chi connectivity index (χ1n) is 8.20. The highest BCUT2D eigenvalue weighted by Crippen LogP contribution is 2.29. The van der Waals surface area contributed by atoms with Crippen LogP contribution in [-0.4, -0.2) is 39.0 Å². The minimum Gasteiger partial charge on any atom is -0.405 e.